The second-order valence-corrected chi connectivity index (χ2v) is 6.64. The maximum Gasteiger partial charge on any atom is 0.407 e. The normalized spacial score (nSPS) is 24.8. The summed E-state index contributed by atoms with van der Waals surface area (Å²) in [6, 6.07) is 0. The monoisotopic (exact) mass is 281 g/mol. The minimum atomic E-state index is -0.433. The van der Waals surface area contributed by atoms with Crippen LogP contribution in [0.5, 0.6) is 0 Å². The summed E-state index contributed by atoms with van der Waals surface area (Å²) in [5.41, 5.74) is 0.299. The average molecular weight is 281 g/mol. The van der Waals surface area contributed by atoms with Gasteiger partial charge in [0.25, 0.3) is 0 Å². The Labute approximate surface area is 122 Å². The van der Waals surface area contributed by atoms with E-state index in [4.69, 9.17) is 4.74 Å². The number of Topliss-reactive ketones (excluding diaryl/α,β-unsaturated/α-hetero) is 1. The topological polar surface area (TPSA) is 55.4 Å². The summed E-state index contributed by atoms with van der Waals surface area (Å²) < 4.78 is 5.11. The fourth-order valence-electron chi connectivity index (χ4n) is 2.60. The number of alkyl carbamates (subject to hydrolysis) is 1. The molecule has 1 saturated carbocycles. The molecule has 1 amide bonds. The fraction of sp³-hybridized carbons (Fsp3) is 0.750. The molecule has 4 nitrogen and oxygen atoms in total. The second kappa shape index (κ2) is 6.42. The van der Waals surface area contributed by atoms with Gasteiger partial charge in [-0.2, -0.15) is 0 Å². The van der Waals surface area contributed by atoms with Crippen LogP contribution in [0, 0.1) is 5.41 Å². The number of rotatable bonds is 5. The number of nitrogens with one attached hydrogen (secondary N) is 1. The summed E-state index contributed by atoms with van der Waals surface area (Å²) in [6.07, 6.45) is 4.14. The molecule has 1 N–H and O–H groups in total. The van der Waals surface area contributed by atoms with Gasteiger partial charge in [-0.1, -0.05) is 33.3 Å². The number of amides is 1. The molecule has 1 aliphatic carbocycles. The molecule has 0 saturated heterocycles. The van der Waals surface area contributed by atoms with E-state index in [0.29, 0.717) is 5.57 Å². The zero-order chi connectivity index (χ0) is 15.4. The molecule has 0 radical (unpaired) electrons. The summed E-state index contributed by atoms with van der Waals surface area (Å²) in [5.74, 6) is -0.0676. The van der Waals surface area contributed by atoms with E-state index < -0.39 is 6.09 Å². The predicted molar refractivity (Wildman–Crippen MR) is 79.6 cm³/mol. The lowest BCUT2D eigenvalue weighted by molar-refractivity contribution is -0.116. The van der Waals surface area contributed by atoms with Crippen LogP contribution in [0.4, 0.5) is 4.79 Å². The number of hydrogen-bond acceptors (Lipinski definition) is 3. The van der Waals surface area contributed by atoms with E-state index in [1.165, 1.54) is 6.42 Å². The molecule has 0 aliphatic heterocycles. The molecule has 1 aliphatic rings. The van der Waals surface area contributed by atoms with Crippen molar-refractivity contribution in [3.05, 3.63) is 12.2 Å². The number of carbonyl (C=O) groups excluding carboxylic acids is 2. The predicted octanol–water partition coefficient (Wildman–Crippen LogP) is 3.61. The maximum absolute atomic E-state index is 11.9. The minimum Gasteiger partial charge on any atom is -0.449 e. The number of ether oxygens (including phenoxy) is 1. The van der Waals surface area contributed by atoms with Gasteiger partial charge in [-0.05, 0) is 37.7 Å². The van der Waals surface area contributed by atoms with E-state index in [-0.39, 0.29) is 29.8 Å². The van der Waals surface area contributed by atoms with Gasteiger partial charge in [0.1, 0.15) is 6.61 Å². The molecule has 114 valence electrons. The lowest BCUT2D eigenvalue weighted by Crippen LogP contribution is -2.57. The van der Waals surface area contributed by atoms with Gasteiger partial charge in [-0.15, -0.1) is 0 Å². The molecular weight excluding hydrogens is 254 g/mol. The highest BCUT2D eigenvalue weighted by molar-refractivity contribution is 5.94. The molecule has 0 aromatic carbocycles. The molecule has 1 atom stereocenters. The highest BCUT2D eigenvalue weighted by Crippen LogP contribution is 2.43. The summed E-state index contributed by atoms with van der Waals surface area (Å²) >= 11 is 0. The Kier molecular flexibility index (Phi) is 5.37. The van der Waals surface area contributed by atoms with Gasteiger partial charge in [-0.3, -0.25) is 4.79 Å². The molecular formula is C16H27NO3. The number of carbonyl (C=O) groups is 2. The maximum atomic E-state index is 11.9. The first-order valence-corrected chi connectivity index (χ1v) is 7.32. The molecule has 4 heteroatoms. The smallest absolute Gasteiger partial charge is 0.407 e. The molecule has 20 heavy (non-hydrogen) atoms. The van der Waals surface area contributed by atoms with Crippen molar-refractivity contribution >= 4 is 11.9 Å². The van der Waals surface area contributed by atoms with Crippen LogP contribution in [-0.2, 0) is 9.53 Å². The van der Waals surface area contributed by atoms with Crippen LogP contribution >= 0.6 is 0 Å². The van der Waals surface area contributed by atoms with Crippen LogP contribution in [0.1, 0.15) is 59.8 Å². The van der Waals surface area contributed by atoms with Crippen molar-refractivity contribution in [2.45, 2.75) is 65.3 Å². The summed E-state index contributed by atoms with van der Waals surface area (Å²) in [7, 11) is 0. The van der Waals surface area contributed by atoms with Crippen LogP contribution in [0.2, 0.25) is 0 Å². The standard InChI is InChI=1S/C16H27NO3/c1-12(2)13(18)8-11-20-14(19)17-16(5)10-7-6-9-15(16,3)4/h1,6-11H2,2-5H3,(H,17,19). The fourth-order valence-corrected chi connectivity index (χ4v) is 2.60. The highest BCUT2D eigenvalue weighted by Gasteiger charge is 2.44. The Morgan fingerprint density at radius 1 is 1.20 bits per heavy atom. The lowest BCUT2D eigenvalue weighted by atomic mass is 9.64. The van der Waals surface area contributed by atoms with Crippen molar-refractivity contribution in [1.82, 2.24) is 5.32 Å². The van der Waals surface area contributed by atoms with Crippen molar-refractivity contribution < 1.29 is 14.3 Å². The third kappa shape index (κ3) is 4.09. The number of hydrogen-bond donors (Lipinski definition) is 1. The van der Waals surface area contributed by atoms with Crippen molar-refractivity contribution in [3.63, 3.8) is 0 Å². The quantitative estimate of drug-likeness (QED) is 0.783. The Balaban J connectivity index is 2.45. The van der Waals surface area contributed by atoms with Crippen LogP contribution in [0.3, 0.4) is 0 Å². The van der Waals surface area contributed by atoms with E-state index in [0.717, 1.165) is 19.3 Å². The van der Waals surface area contributed by atoms with Crippen LogP contribution in [0.25, 0.3) is 0 Å². The van der Waals surface area contributed by atoms with E-state index in [1.54, 1.807) is 6.92 Å². The first-order chi connectivity index (χ1) is 9.18. The molecule has 1 fully saturated rings. The van der Waals surface area contributed by atoms with Gasteiger partial charge in [0.2, 0.25) is 0 Å². The first-order valence-electron chi connectivity index (χ1n) is 7.32. The largest absolute Gasteiger partial charge is 0.449 e. The molecule has 0 spiro atoms. The minimum absolute atomic E-state index is 0.0534. The SMILES string of the molecule is C=C(C)C(=O)CCOC(=O)NC1(C)CCCCC1(C)C. The third-order valence-electron chi connectivity index (χ3n) is 4.64. The lowest BCUT2D eigenvalue weighted by Gasteiger charge is -2.48. The van der Waals surface area contributed by atoms with Gasteiger partial charge < -0.3 is 10.1 Å². The first kappa shape index (κ1) is 16.7. The van der Waals surface area contributed by atoms with Gasteiger partial charge >= 0.3 is 6.09 Å². The molecule has 0 bridgehead atoms. The molecule has 1 unspecified atom stereocenters. The summed E-state index contributed by atoms with van der Waals surface area (Å²) in [5, 5.41) is 2.99. The van der Waals surface area contributed by atoms with Gasteiger partial charge in [0, 0.05) is 12.0 Å². The molecule has 0 aromatic rings. The third-order valence-corrected chi connectivity index (χ3v) is 4.64. The van der Waals surface area contributed by atoms with Crippen molar-refractivity contribution in [2.24, 2.45) is 5.41 Å². The average Bonchev–Trinajstić information content (AvgIpc) is 2.32. The van der Waals surface area contributed by atoms with Crippen molar-refractivity contribution in [2.75, 3.05) is 6.61 Å². The Morgan fingerprint density at radius 3 is 2.35 bits per heavy atom. The number of ketones is 1. The Bertz CT molecular complexity index is 401. The van der Waals surface area contributed by atoms with E-state index in [9.17, 15) is 9.59 Å². The molecule has 0 aromatic heterocycles. The highest BCUT2D eigenvalue weighted by atomic mass is 16.5. The summed E-state index contributed by atoms with van der Waals surface area (Å²) in [6.45, 7) is 11.8. The van der Waals surface area contributed by atoms with Gasteiger partial charge in [-0.25, -0.2) is 4.79 Å². The van der Waals surface area contributed by atoms with E-state index in [1.807, 2.05) is 0 Å². The van der Waals surface area contributed by atoms with Crippen molar-refractivity contribution in [3.8, 4) is 0 Å². The van der Waals surface area contributed by atoms with Crippen LogP contribution in [-0.4, -0.2) is 24.0 Å². The van der Waals surface area contributed by atoms with Gasteiger partial charge in [0.05, 0.1) is 0 Å². The summed E-state index contributed by atoms with van der Waals surface area (Å²) in [4.78, 5) is 23.3. The van der Waals surface area contributed by atoms with E-state index in [2.05, 4.69) is 32.7 Å². The zero-order valence-corrected chi connectivity index (χ0v) is 13.2. The zero-order valence-electron chi connectivity index (χ0n) is 13.2. The van der Waals surface area contributed by atoms with Crippen molar-refractivity contribution in [1.29, 1.82) is 0 Å². The van der Waals surface area contributed by atoms with Gasteiger partial charge in [0.15, 0.2) is 5.78 Å². The van der Waals surface area contributed by atoms with E-state index >= 15 is 0 Å². The molecule has 1 rings (SSSR count). The second-order valence-electron chi connectivity index (χ2n) is 6.64. The number of allylic oxidation sites excluding steroid dienone is 1. The Hall–Kier alpha value is -1.32. The van der Waals surface area contributed by atoms with Crippen LogP contribution < -0.4 is 5.32 Å². The molecule has 0 heterocycles. The van der Waals surface area contributed by atoms with Crippen LogP contribution in [0.15, 0.2) is 12.2 Å². The Morgan fingerprint density at radius 2 is 1.80 bits per heavy atom.